The molecule has 0 aliphatic carbocycles. The highest BCUT2D eigenvalue weighted by Crippen LogP contribution is 2.30. The van der Waals surface area contributed by atoms with Crippen molar-refractivity contribution in [2.45, 2.75) is 36.4 Å². The molecule has 0 fully saturated rings. The van der Waals surface area contributed by atoms with E-state index in [1.54, 1.807) is 6.92 Å². The first kappa shape index (κ1) is 18.3. The van der Waals surface area contributed by atoms with E-state index in [0.717, 1.165) is 5.13 Å². The van der Waals surface area contributed by atoms with E-state index < -0.39 is 0 Å². The van der Waals surface area contributed by atoms with Gasteiger partial charge in [0.05, 0.1) is 15.3 Å². The predicted octanol–water partition coefficient (Wildman–Crippen LogP) is 4.18. The first-order chi connectivity index (χ1) is 10.8. The van der Waals surface area contributed by atoms with Crippen molar-refractivity contribution in [2.75, 3.05) is 10.6 Å². The van der Waals surface area contributed by atoms with Gasteiger partial charge in [-0.3, -0.25) is 4.79 Å². The number of anilines is 2. The van der Waals surface area contributed by atoms with Gasteiger partial charge in [0, 0.05) is 12.2 Å². The molecule has 1 atom stereocenters. The largest absolute Gasteiger partial charge is 0.358 e. The summed E-state index contributed by atoms with van der Waals surface area (Å²) >= 11 is 14.5. The Morgan fingerprint density at radius 1 is 1.30 bits per heavy atom. The number of hydrogen-bond donors (Lipinski definition) is 2. The van der Waals surface area contributed by atoms with Crippen LogP contribution in [0.25, 0.3) is 0 Å². The van der Waals surface area contributed by atoms with Crippen LogP contribution in [0.15, 0.2) is 16.6 Å². The maximum absolute atomic E-state index is 12.2. The molecule has 10 heteroatoms. The van der Waals surface area contributed by atoms with E-state index in [1.807, 2.05) is 13.8 Å². The second kappa shape index (κ2) is 8.14. The first-order valence-electron chi connectivity index (χ1n) is 6.73. The highest BCUT2D eigenvalue weighted by atomic mass is 35.5. The summed E-state index contributed by atoms with van der Waals surface area (Å²) < 4.78 is 0.714. The Labute approximate surface area is 152 Å². The third-order valence-electron chi connectivity index (χ3n) is 2.51. The lowest BCUT2D eigenvalue weighted by Crippen LogP contribution is -2.23. The monoisotopic (exact) mass is 391 g/mol. The van der Waals surface area contributed by atoms with E-state index in [2.05, 4.69) is 25.8 Å². The lowest BCUT2D eigenvalue weighted by atomic mass is 10.4. The smallest absolute Gasteiger partial charge is 0.238 e. The number of carbonyl (C=O) groups excluding carboxylic acids is 1. The summed E-state index contributed by atoms with van der Waals surface area (Å²) in [6.07, 6.45) is 1.43. The normalized spacial score (nSPS) is 12.3. The van der Waals surface area contributed by atoms with Gasteiger partial charge in [-0.2, -0.15) is 0 Å². The molecule has 0 bridgehead atoms. The van der Waals surface area contributed by atoms with Crippen LogP contribution in [-0.2, 0) is 4.79 Å². The summed E-state index contributed by atoms with van der Waals surface area (Å²) in [4.78, 5) is 16.2. The van der Waals surface area contributed by atoms with Crippen molar-refractivity contribution in [3.63, 3.8) is 0 Å². The van der Waals surface area contributed by atoms with Gasteiger partial charge in [0.15, 0.2) is 10.2 Å². The second-order valence-electron chi connectivity index (χ2n) is 4.91. The molecule has 6 nitrogen and oxygen atoms in total. The highest BCUT2D eigenvalue weighted by molar-refractivity contribution is 8.02. The van der Waals surface area contributed by atoms with Crippen LogP contribution in [-0.4, -0.2) is 32.4 Å². The Morgan fingerprint density at radius 2 is 2.04 bits per heavy atom. The fraction of sp³-hybridized carbons (Fsp3) is 0.385. The van der Waals surface area contributed by atoms with Crippen LogP contribution in [0.1, 0.15) is 20.8 Å². The number of nitrogens with zero attached hydrogens (tertiary/aromatic N) is 3. The van der Waals surface area contributed by atoms with Gasteiger partial charge < -0.3 is 10.6 Å². The van der Waals surface area contributed by atoms with Crippen molar-refractivity contribution >= 4 is 63.2 Å². The van der Waals surface area contributed by atoms with Crippen molar-refractivity contribution in [3.8, 4) is 0 Å². The number of aromatic nitrogens is 3. The molecule has 2 heterocycles. The van der Waals surface area contributed by atoms with Crippen molar-refractivity contribution in [3.05, 3.63) is 22.3 Å². The molecular weight excluding hydrogens is 377 g/mol. The average Bonchev–Trinajstić information content (AvgIpc) is 2.88. The Hall–Kier alpha value is -1.09. The molecule has 0 aromatic carbocycles. The average molecular weight is 392 g/mol. The topological polar surface area (TPSA) is 79.8 Å². The van der Waals surface area contributed by atoms with Gasteiger partial charge in [0.25, 0.3) is 0 Å². The fourth-order valence-electron chi connectivity index (χ4n) is 1.49. The van der Waals surface area contributed by atoms with E-state index >= 15 is 0 Å². The summed E-state index contributed by atoms with van der Waals surface area (Å²) in [6, 6.07) is 1.80. The Bertz CT molecular complexity index is 695. The third-order valence-corrected chi connectivity index (χ3v) is 5.05. The summed E-state index contributed by atoms with van der Waals surface area (Å²) in [7, 11) is 0. The highest BCUT2D eigenvalue weighted by Gasteiger charge is 2.19. The standard InChI is InChI=1S/C13H15Cl2N5OS2/c1-6(2)17-12-19-20-13(23-12)22-7(3)11(21)18-10-9(15)4-8(14)5-16-10/h4-7H,1-3H3,(H,17,19)(H,16,18,21). The van der Waals surface area contributed by atoms with Crippen molar-refractivity contribution in [2.24, 2.45) is 0 Å². The number of rotatable bonds is 6. The van der Waals surface area contributed by atoms with E-state index in [1.165, 1.54) is 35.4 Å². The van der Waals surface area contributed by atoms with Crippen LogP contribution >= 0.6 is 46.3 Å². The van der Waals surface area contributed by atoms with Gasteiger partial charge in [-0.25, -0.2) is 4.98 Å². The van der Waals surface area contributed by atoms with Crippen molar-refractivity contribution in [1.29, 1.82) is 0 Å². The van der Waals surface area contributed by atoms with E-state index in [-0.39, 0.29) is 23.0 Å². The minimum absolute atomic E-state index is 0.222. The van der Waals surface area contributed by atoms with Gasteiger partial charge in [-0.1, -0.05) is 46.3 Å². The van der Waals surface area contributed by atoms with Crippen LogP contribution in [0.5, 0.6) is 0 Å². The van der Waals surface area contributed by atoms with Gasteiger partial charge in [-0.05, 0) is 26.8 Å². The number of carbonyl (C=O) groups is 1. The number of pyridine rings is 1. The Morgan fingerprint density at radius 3 is 2.70 bits per heavy atom. The molecule has 23 heavy (non-hydrogen) atoms. The minimum atomic E-state index is -0.372. The molecule has 0 spiro atoms. The van der Waals surface area contributed by atoms with Gasteiger partial charge >= 0.3 is 0 Å². The minimum Gasteiger partial charge on any atom is -0.358 e. The fourth-order valence-corrected chi connectivity index (χ4v) is 3.96. The molecule has 2 N–H and O–H groups in total. The Balaban J connectivity index is 1.95. The number of halogens is 2. The predicted molar refractivity (Wildman–Crippen MR) is 96.9 cm³/mol. The van der Waals surface area contributed by atoms with E-state index in [0.29, 0.717) is 14.4 Å². The maximum Gasteiger partial charge on any atom is 0.238 e. The lowest BCUT2D eigenvalue weighted by molar-refractivity contribution is -0.115. The number of thioether (sulfide) groups is 1. The number of hydrogen-bond acceptors (Lipinski definition) is 7. The molecule has 0 aliphatic heterocycles. The van der Waals surface area contributed by atoms with Crippen LogP contribution in [0.2, 0.25) is 10.0 Å². The SMILES string of the molecule is CC(C)Nc1nnc(SC(C)C(=O)Nc2ncc(Cl)cc2Cl)s1. The molecule has 0 aliphatic rings. The zero-order valence-electron chi connectivity index (χ0n) is 12.6. The first-order valence-corrected chi connectivity index (χ1v) is 9.19. The number of nitrogens with one attached hydrogen (secondary N) is 2. The summed E-state index contributed by atoms with van der Waals surface area (Å²) in [5.74, 6) is 0.0632. The zero-order valence-corrected chi connectivity index (χ0v) is 15.8. The molecule has 0 saturated heterocycles. The molecule has 2 rings (SSSR count). The van der Waals surface area contributed by atoms with Gasteiger partial charge in [0.1, 0.15) is 0 Å². The second-order valence-corrected chi connectivity index (χ2v) is 8.31. The quantitative estimate of drug-likeness (QED) is 0.718. The molecule has 2 aromatic heterocycles. The summed E-state index contributed by atoms with van der Waals surface area (Å²) in [6.45, 7) is 5.82. The lowest BCUT2D eigenvalue weighted by Gasteiger charge is -2.10. The number of amides is 1. The van der Waals surface area contributed by atoms with Crippen LogP contribution in [0.3, 0.4) is 0 Å². The van der Waals surface area contributed by atoms with Crippen LogP contribution < -0.4 is 10.6 Å². The molecule has 124 valence electrons. The molecule has 1 unspecified atom stereocenters. The maximum atomic E-state index is 12.2. The van der Waals surface area contributed by atoms with Crippen molar-refractivity contribution < 1.29 is 4.79 Å². The third kappa shape index (κ3) is 5.49. The molecular formula is C13H15Cl2N5OS2. The zero-order chi connectivity index (χ0) is 17.0. The van der Waals surface area contributed by atoms with Crippen LogP contribution in [0, 0.1) is 0 Å². The van der Waals surface area contributed by atoms with Gasteiger partial charge in [0.2, 0.25) is 11.0 Å². The molecule has 1 amide bonds. The van der Waals surface area contributed by atoms with E-state index in [9.17, 15) is 4.79 Å². The van der Waals surface area contributed by atoms with Crippen LogP contribution in [0.4, 0.5) is 10.9 Å². The molecule has 0 saturated carbocycles. The Kier molecular flexibility index (Phi) is 6.46. The van der Waals surface area contributed by atoms with Gasteiger partial charge in [-0.15, -0.1) is 10.2 Å². The van der Waals surface area contributed by atoms with E-state index in [4.69, 9.17) is 23.2 Å². The summed E-state index contributed by atoms with van der Waals surface area (Å²) in [5, 5.41) is 15.0. The molecule has 2 aromatic rings. The molecule has 0 radical (unpaired) electrons. The summed E-state index contributed by atoms with van der Waals surface area (Å²) in [5.41, 5.74) is 0. The van der Waals surface area contributed by atoms with Crippen molar-refractivity contribution in [1.82, 2.24) is 15.2 Å².